The van der Waals surface area contributed by atoms with Crippen LogP contribution in [0.5, 0.6) is 0 Å². The Morgan fingerprint density at radius 1 is 1.43 bits per heavy atom. The normalized spacial score (nSPS) is 11.1. The van der Waals surface area contributed by atoms with Crippen molar-refractivity contribution in [1.82, 2.24) is 0 Å². The van der Waals surface area contributed by atoms with Gasteiger partial charge < -0.3 is 5.11 Å². The van der Waals surface area contributed by atoms with E-state index in [2.05, 4.69) is 6.58 Å². The average Bonchev–Trinajstić information content (AvgIpc) is 2.16. The van der Waals surface area contributed by atoms with Crippen LogP contribution in [0.25, 0.3) is 6.08 Å². The molecule has 1 N–H and O–H groups in total. The lowest BCUT2D eigenvalue weighted by molar-refractivity contribution is -0.132. The molecular weight excluding hydrogens is 176 g/mol. The predicted octanol–water partition coefficient (Wildman–Crippen LogP) is 2.65. The molecule has 0 bridgehead atoms. The van der Waals surface area contributed by atoms with Crippen LogP contribution in [0.4, 0.5) is 0 Å². The number of benzene rings is 1. The number of rotatable bonds is 3. The van der Waals surface area contributed by atoms with E-state index >= 15 is 0 Å². The first-order valence-electron chi connectivity index (χ1n) is 4.28. The van der Waals surface area contributed by atoms with Crippen molar-refractivity contribution in [2.75, 3.05) is 0 Å². The van der Waals surface area contributed by atoms with Crippen LogP contribution in [0.3, 0.4) is 0 Å². The standard InChI is InChI=1S/C12H12O2/c1-3-10(12(13)14)8-11-7-5-4-6-9(11)2/h3-8H,1H2,2H3,(H,13,14)/b10-8+. The zero-order chi connectivity index (χ0) is 10.6. The van der Waals surface area contributed by atoms with Crippen LogP contribution in [0, 0.1) is 6.92 Å². The zero-order valence-corrected chi connectivity index (χ0v) is 8.03. The number of carboxylic acid groups (broad SMARTS) is 1. The molecule has 72 valence electrons. The maximum absolute atomic E-state index is 10.7. The molecule has 14 heavy (non-hydrogen) atoms. The van der Waals surface area contributed by atoms with Crippen LogP contribution >= 0.6 is 0 Å². The fourth-order valence-corrected chi connectivity index (χ4v) is 1.12. The molecule has 0 saturated heterocycles. The van der Waals surface area contributed by atoms with Gasteiger partial charge in [0.15, 0.2) is 0 Å². The minimum atomic E-state index is -0.955. The van der Waals surface area contributed by atoms with Crippen molar-refractivity contribution in [2.45, 2.75) is 6.92 Å². The van der Waals surface area contributed by atoms with Crippen molar-refractivity contribution in [3.8, 4) is 0 Å². The van der Waals surface area contributed by atoms with E-state index in [9.17, 15) is 4.79 Å². The highest BCUT2D eigenvalue weighted by molar-refractivity contribution is 5.95. The van der Waals surface area contributed by atoms with Gasteiger partial charge in [0.2, 0.25) is 0 Å². The molecule has 2 heteroatoms. The highest BCUT2D eigenvalue weighted by Gasteiger charge is 2.02. The molecule has 0 aromatic heterocycles. The first-order valence-corrected chi connectivity index (χ1v) is 4.28. The summed E-state index contributed by atoms with van der Waals surface area (Å²) in [6.07, 6.45) is 2.96. The molecular formula is C12H12O2. The monoisotopic (exact) mass is 188 g/mol. The van der Waals surface area contributed by atoms with Crippen LogP contribution in [-0.4, -0.2) is 11.1 Å². The van der Waals surface area contributed by atoms with Gasteiger partial charge >= 0.3 is 5.97 Å². The molecule has 0 aliphatic carbocycles. The zero-order valence-electron chi connectivity index (χ0n) is 8.03. The van der Waals surface area contributed by atoms with Crippen molar-refractivity contribution >= 4 is 12.0 Å². The fraction of sp³-hybridized carbons (Fsp3) is 0.0833. The van der Waals surface area contributed by atoms with Crippen LogP contribution in [0.1, 0.15) is 11.1 Å². The van der Waals surface area contributed by atoms with E-state index in [1.54, 1.807) is 6.08 Å². The van der Waals surface area contributed by atoms with E-state index in [0.717, 1.165) is 11.1 Å². The van der Waals surface area contributed by atoms with Gasteiger partial charge in [-0.25, -0.2) is 4.79 Å². The summed E-state index contributed by atoms with van der Waals surface area (Å²) < 4.78 is 0. The first-order chi connectivity index (χ1) is 6.65. The van der Waals surface area contributed by atoms with Gasteiger partial charge in [0.05, 0.1) is 5.57 Å². The number of aryl methyl sites for hydroxylation is 1. The van der Waals surface area contributed by atoms with E-state index in [0.29, 0.717) is 0 Å². The molecule has 0 aliphatic rings. The third-order valence-corrected chi connectivity index (χ3v) is 1.97. The van der Waals surface area contributed by atoms with Crippen molar-refractivity contribution in [2.24, 2.45) is 0 Å². The molecule has 0 spiro atoms. The summed E-state index contributed by atoms with van der Waals surface area (Å²) in [6, 6.07) is 7.61. The van der Waals surface area contributed by atoms with Crippen LogP contribution < -0.4 is 0 Å². The predicted molar refractivity (Wildman–Crippen MR) is 57.0 cm³/mol. The van der Waals surface area contributed by atoms with Crippen molar-refractivity contribution in [3.05, 3.63) is 53.6 Å². The fourth-order valence-electron chi connectivity index (χ4n) is 1.12. The molecule has 0 atom stereocenters. The molecule has 1 rings (SSSR count). The molecule has 0 fully saturated rings. The third kappa shape index (κ3) is 2.33. The maximum Gasteiger partial charge on any atom is 0.335 e. The molecule has 1 aromatic rings. The van der Waals surface area contributed by atoms with Crippen molar-refractivity contribution in [1.29, 1.82) is 0 Å². The topological polar surface area (TPSA) is 37.3 Å². The Hall–Kier alpha value is -1.83. The second-order valence-electron chi connectivity index (χ2n) is 2.97. The van der Waals surface area contributed by atoms with Gasteiger partial charge in [-0.05, 0) is 24.1 Å². The van der Waals surface area contributed by atoms with E-state index in [-0.39, 0.29) is 5.57 Å². The number of hydrogen-bond acceptors (Lipinski definition) is 1. The third-order valence-electron chi connectivity index (χ3n) is 1.97. The second kappa shape index (κ2) is 4.42. The minimum Gasteiger partial charge on any atom is -0.478 e. The van der Waals surface area contributed by atoms with Gasteiger partial charge in [-0.3, -0.25) is 0 Å². The Kier molecular flexibility index (Phi) is 3.24. The van der Waals surface area contributed by atoms with Gasteiger partial charge in [-0.1, -0.05) is 36.9 Å². The molecule has 1 aromatic carbocycles. The van der Waals surface area contributed by atoms with Crippen LogP contribution in [0.15, 0.2) is 42.5 Å². The van der Waals surface area contributed by atoms with Gasteiger partial charge in [-0.2, -0.15) is 0 Å². The molecule has 0 radical (unpaired) electrons. The molecule has 0 heterocycles. The highest BCUT2D eigenvalue weighted by atomic mass is 16.4. The highest BCUT2D eigenvalue weighted by Crippen LogP contribution is 2.12. The van der Waals surface area contributed by atoms with Crippen molar-refractivity contribution in [3.63, 3.8) is 0 Å². The SMILES string of the molecule is C=C/C(=C\c1ccccc1C)C(=O)O. The Bertz CT molecular complexity index is 389. The minimum absolute atomic E-state index is 0.208. The van der Waals surface area contributed by atoms with Crippen LogP contribution in [-0.2, 0) is 4.79 Å². The number of hydrogen-bond donors (Lipinski definition) is 1. The molecule has 0 amide bonds. The lowest BCUT2D eigenvalue weighted by atomic mass is 10.1. The van der Waals surface area contributed by atoms with E-state index in [1.807, 2.05) is 31.2 Å². The summed E-state index contributed by atoms with van der Waals surface area (Å²) in [7, 11) is 0. The Labute approximate surface area is 83.2 Å². The second-order valence-corrected chi connectivity index (χ2v) is 2.97. The van der Waals surface area contributed by atoms with E-state index in [4.69, 9.17) is 5.11 Å². The van der Waals surface area contributed by atoms with Crippen molar-refractivity contribution < 1.29 is 9.90 Å². The summed E-state index contributed by atoms with van der Waals surface area (Å²) in [5.74, 6) is -0.955. The Morgan fingerprint density at radius 3 is 2.57 bits per heavy atom. The van der Waals surface area contributed by atoms with Crippen LogP contribution in [0.2, 0.25) is 0 Å². The quantitative estimate of drug-likeness (QED) is 0.584. The smallest absolute Gasteiger partial charge is 0.335 e. The molecule has 0 unspecified atom stereocenters. The average molecular weight is 188 g/mol. The molecule has 0 saturated carbocycles. The summed E-state index contributed by atoms with van der Waals surface area (Å²) in [5, 5.41) is 8.79. The largest absolute Gasteiger partial charge is 0.478 e. The van der Waals surface area contributed by atoms with Gasteiger partial charge in [0.1, 0.15) is 0 Å². The lowest BCUT2D eigenvalue weighted by Crippen LogP contribution is -1.97. The summed E-state index contributed by atoms with van der Waals surface area (Å²) >= 11 is 0. The van der Waals surface area contributed by atoms with Gasteiger partial charge in [0, 0.05) is 0 Å². The Balaban J connectivity index is 3.13. The van der Waals surface area contributed by atoms with Gasteiger partial charge in [0.25, 0.3) is 0 Å². The maximum atomic E-state index is 10.7. The molecule has 2 nitrogen and oxygen atoms in total. The number of carboxylic acids is 1. The Morgan fingerprint density at radius 2 is 2.07 bits per heavy atom. The number of aliphatic carboxylic acids is 1. The summed E-state index contributed by atoms with van der Waals surface area (Å²) in [4.78, 5) is 10.7. The number of carbonyl (C=O) groups is 1. The first kappa shape index (κ1) is 10.3. The lowest BCUT2D eigenvalue weighted by Gasteiger charge is -2.00. The molecule has 0 aliphatic heterocycles. The van der Waals surface area contributed by atoms with Gasteiger partial charge in [-0.15, -0.1) is 0 Å². The summed E-state index contributed by atoms with van der Waals surface area (Å²) in [6.45, 7) is 5.40. The van der Waals surface area contributed by atoms with E-state index < -0.39 is 5.97 Å². The van der Waals surface area contributed by atoms with E-state index in [1.165, 1.54) is 6.08 Å². The summed E-state index contributed by atoms with van der Waals surface area (Å²) in [5.41, 5.74) is 2.16.